The number of rotatable bonds is 15. The van der Waals surface area contributed by atoms with Crippen molar-refractivity contribution < 1.29 is 194 Å². The molecule has 2 unspecified atom stereocenters. The first-order chi connectivity index (χ1) is 49.1. The Balaban J connectivity index is 0.000000398. The zero-order valence-electron chi connectivity index (χ0n) is 56.2. The Labute approximate surface area is 589 Å². The van der Waals surface area contributed by atoms with Crippen LogP contribution in [-0.4, -0.2) is 402 Å². The molecule has 24 N–H and O–H groups in total. The van der Waals surface area contributed by atoms with Crippen molar-refractivity contribution in [1.29, 1.82) is 0 Å². The maximum atomic E-state index is 11.3. The second-order valence-electron chi connectivity index (χ2n) is 27.5. The van der Waals surface area contributed by atoms with Crippen LogP contribution in [0.2, 0.25) is 0 Å². The number of ether oxygens (including phenoxy) is 14. The number of unbranched alkanes of at least 4 members (excludes halogenated alkanes) is 1. The number of allylic oxidation sites excluding steroid dienone is 2. The first-order valence-corrected chi connectivity index (χ1v) is 34.4. The molecule has 0 radical (unpaired) electrons. The fourth-order valence-electron chi connectivity index (χ4n) is 14.7. The Bertz CT molecular complexity index is 2380. The highest BCUT2D eigenvalue weighted by molar-refractivity contribution is 5.66. The van der Waals surface area contributed by atoms with Gasteiger partial charge >= 0.3 is 5.97 Å². The van der Waals surface area contributed by atoms with Crippen LogP contribution in [0.5, 0.6) is 0 Å². The van der Waals surface area contributed by atoms with Gasteiger partial charge in [0.25, 0.3) is 0 Å². The van der Waals surface area contributed by atoms with E-state index in [9.17, 15) is 122 Å². The monoisotopic (exact) mass is 1490 g/mol. The lowest BCUT2D eigenvalue weighted by molar-refractivity contribution is -0.396. The van der Waals surface area contributed by atoms with E-state index in [1.165, 1.54) is 5.57 Å². The van der Waals surface area contributed by atoms with E-state index in [1.807, 2.05) is 19.1 Å². The molecule has 23 fully saturated rings. The van der Waals surface area contributed by atoms with Crippen LogP contribution in [0, 0.1) is 35.5 Å². The summed E-state index contributed by atoms with van der Waals surface area (Å²) in [6.07, 6.45) is -59.8. The number of hydrogen-bond acceptors (Lipinski definition) is 38. The van der Waals surface area contributed by atoms with Crippen LogP contribution in [0.15, 0.2) is 23.8 Å². The number of fused-ring (bicyclic) bond motifs is 1. The summed E-state index contributed by atoms with van der Waals surface area (Å²) in [5, 5.41) is 260. The summed E-state index contributed by atoms with van der Waals surface area (Å²) in [5.74, 6) is 6.25. The fraction of sp³-hybridized carbons (Fsp3) is 0.891. The van der Waals surface area contributed by atoms with Gasteiger partial charge in [0.05, 0.1) is 58.5 Å². The van der Waals surface area contributed by atoms with E-state index in [0.29, 0.717) is 24.7 Å². The van der Waals surface area contributed by atoms with Gasteiger partial charge in [-0.3, -0.25) is 4.79 Å². The van der Waals surface area contributed by atoms with Crippen LogP contribution in [0.25, 0.3) is 0 Å². The van der Waals surface area contributed by atoms with Crippen molar-refractivity contribution >= 4 is 5.97 Å². The summed E-state index contributed by atoms with van der Waals surface area (Å²) in [5.41, 5.74) is 1.41. The minimum atomic E-state index is -2.21. The Morgan fingerprint density at radius 2 is 0.699 bits per heavy atom. The van der Waals surface area contributed by atoms with Crippen LogP contribution in [-0.2, 0) is 71.1 Å². The van der Waals surface area contributed by atoms with Crippen LogP contribution in [0.3, 0.4) is 0 Å². The first kappa shape index (κ1) is 84.1. The van der Waals surface area contributed by atoms with E-state index in [-0.39, 0.29) is 24.4 Å². The van der Waals surface area contributed by atoms with Gasteiger partial charge in [-0.25, -0.2) is 0 Å². The topological polar surface area (TPSA) is 632 Å². The number of carbonyl (C=O) groups is 1. The van der Waals surface area contributed by atoms with Crippen molar-refractivity contribution in [3.8, 4) is 11.8 Å². The molecule has 0 aromatic carbocycles. The van der Waals surface area contributed by atoms with Crippen molar-refractivity contribution in [3.05, 3.63) is 23.8 Å². The third-order valence-electron chi connectivity index (χ3n) is 20.6. The number of carboxylic acid groups (broad SMARTS) is 1. The SMILES string of the molecule is CC#CCC(C)[C@H](O)/C=C/C1[C@H](O)C[C@@H]2C/C(=C\CCCC(=O)O)C[C@H]12.OC[C@H]1O[C@@H]2O[C@H]3[C@H](O)[C@@H](O)[C@@H](O[C@H]4[C@H](O)[C@@H](O)[C@@H](O[C@H]5[C@H](O)[C@@H](O)[C@@H](O[C@H]6[C@H](O)[C@@H](O)[C@@H](O[C@H]7[C@H](O)[C@@H](O)[C@@H](O[C@H]8[C@H](O)[C@@H](O)[C@@H](O[C@H]1[C@H](O)[C@H]2O)O[C@@H]8CO)O[C@@H]7CO)O[C@@H]6CO)O[C@@H]5CO)O[C@@H]4CO)O[C@@H]3CO. The molecule has 39 nitrogen and oxygen atoms in total. The molecule has 41 atom stereocenters. The largest absolute Gasteiger partial charge is 0.481 e. The van der Waals surface area contributed by atoms with Gasteiger partial charge in [-0.15, -0.1) is 11.8 Å². The standard InChI is InChI=1S/C42H70O35.C22H32O4/c43-1-8-29-15(50)22(57)36(64-8)72-30-9(2-44)66-38(24(59)17(30)52)74-32-11(4-46)68-40(26(61)19(32)54)76-34-13(6-48)70-42(28(63)21(34)56)77-35-14(7-49)69-41(27(62)20(35)55)75-33-12(5-47)67-39(25(60)18(33)53)73-31-10(3-45)65-37(71-29)23(58)16(31)51;1-3-4-7-15(2)20(23)11-10-18-19-13-16(8-5-6-9-22(25)26)12-17(19)14-21(18)24/h8-63H,1-7H2;8,10-11,15,17-21,23-24H,5-7,9,12-14H2,1-2H3,(H,25,26)/b;11-10+,16-8+/t8-,9-,10-,11-,12-,13-,14-,15-,16-,17-,18-,19-,20-,21-,22-,23-,24-,25-,26-,27-,28-,29-,30-,31-,32-,33-,34-,35-,36-,37-,38-,39-,40-,41-,42-;15?,17-,18?,19-,20+,21+/m10/s1. The van der Waals surface area contributed by atoms with Crippen molar-refractivity contribution in [3.63, 3.8) is 0 Å². The summed E-state index contributed by atoms with van der Waals surface area (Å²) in [6, 6.07) is 0. The summed E-state index contributed by atoms with van der Waals surface area (Å²) in [7, 11) is 0. The minimum Gasteiger partial charge on any atom is -0.481 e. The summed E-state index contributed by atoms with van der Waals surface area (Å²) < 4.78 is 79.5. The first-order valence-electron chi connectivity index (χ1n) is 34.4. The predicted octanol–water partition coefficient (Wildman–Crippen LogP) is -11.7. The average Bonchev–Trinajstić information content (AvgIpc) is 1.55. The van der Waals surface area contributed by atoms with Crippen molar-refractivity contribution in [1.82, 2.24) is 0 Å². The lowest BCUT2D eigenvalue weighted by Gasteiger charge is -2.50. The molecule has 592 valence electrons. The van der Waals surface area contributed by atoms with Crippen LogP contribution in [0.4, 0.5) is 0 Å². The van der Waals surface area contributed by atoms with Gasteiger partial charge < -0.3 is 189 Å². The van der Waals surface area contributed by atoms with E-state index >= 15 is 0 Å². The second-order valence-corrected chi connectivity index (χ2v) is 27.5. The Hall–Kier alpha value is -2.97. The van der Waals surface area contributed by atoms with E-state index in [1.54, 1.807) is 6.92 Å². The van der Waals surface area contributed by atoms with Gasteiger partial charge in [0.15, 0.2) is 44.0 Å². The number of hydrogen-bond donors (Lipinski definition) is 24. The van der Waals surface area contributed by atoms with Crippen LogP contribution in [0.1, 0.15) is 58.8 Å². The van der Waals surface area contributed by atoms with Crippen molar-refractivity contribution in [2.75, 3.05) is 46.2 Å². The molecule has 0 aromatic rings. The number of carboxylic acids is 1. The molecule has 21 saturated heterocycles. The Morgan fingerprint density at radius 3 is 0.942 bits per heavy atom. The molecular weight excluding hydrogens is 1390 g/mol. The van der Waals surface area contributed by atoms with Gasteiger partial charge in [0, 0.05) is 18.8 Å². The van der Waals surface area contributed by atoms with Gasteiger partial charge in [0.1, 0.15) is 171 Å². The van der Waals surface area contributed by atoms with Gasteiger partial charge in [-0.05, 0) is 56.8 Å². The number of aliphatic hydroxyl groups excluding tert-OH is 23. The molecule has 2 saturated carbocycles. The summed E-state index contributed by atoms with van der Waals surface area (Å²) >= 11 is 0. The highest BCUT2D eigenvalue weighted by atomic mass is 16.8. The van der Waals surface area contributed by atoms with Crippen molar-refractivity contribution in [2.24, 2.45) is 23.7 Å². The smallest absolute Gasteiger partial charge is 0.303 e. The second kappa shape index (κ2) is 37.6. The van der Waals surface area contributed by atoms with Gasteiger partial charge in [-0.2, -0.15) is 0 Å². The molecule has 0 amide bonds. The molecular formula is C64H102O39. The predicted molar refractivity (Wildman–Crippen MR) is 331 cm³/mol. The summed E-state index contributed by atoms with van der Waals surface area (Å²) in [4.78, 5) is 10.6. The minimum absolute atomic E-state index is 0.0845. The van der Waals surface area contributed by atoms with E-state index in [0.717, 1.165) is 25.7 Å². The quantitative estimate of drug-likeness (QED) is 0.0411. The molecule has 2 aliphatic carbocycles. The molecule has 103 heavy (non-hydrogen) atoms. The van der Waals surface area contributed by atoms with Crippen molar-refractivity contribution in [2.45, 2.75) is 286 Å². The average molecular weight is 1500 g/mol. The zero-order valence-corrected chi connectivity index (χ0v) is 56.2. The molecule has 39 heteroatoms. The maximum Gasteiger partial charge on any atom is 0.303 e. The van der Waals surface area contributed by atoms with E-state index < -0.39 is 273 Å². The summed E-state index contributed by atoms with van der Waals surface area (Å²) in [6.45, 7) is -3.54. The number of aliphatic hydroxyl groups is 23. The Morgan fingerprint density at radius 1 is 0.427 bits per heavy atom. The maximum absolute atomic E-state index is 11.3. The highest BCUT2D eigenvalue weighted by Crippen LogP contribution is 2.51. The molecule has 23 aliphatic rings. The molecule has 0 spiro atoms. The number of aliphatic carboxylic acids is 1. The molecule has 21 aliphatic heterocycles. The highest BCUT2D eigenvalue weighted by Gasteiger charge is 2.60. The van der Waals surface area contributed by atoms with Gasteiger partial charge in [-0.1, -0.05) is 30.7 Å². The lowest BCUT2D eigenvalue weighted by atomic mass is 9.89. The lowest BCUT2D eigenvalue weighted by Crippen LogP contribution is -2.68. The zero-order chi connectivity index (χ0) is 75.2. The van der Waals surface area contributed by atoms with Crippen LogP contribution < -0.4 is 0 Å². The van der Waals surface area contributed by atoms with Crippen LogP contribution >= 0.6 is 0 Å². The Kier molecular flexibility index (Phi) is 30.7. The normalized spacial score (nSPS) is 49.4. The molecule has 0 aromatic heterocycles. The fourth-order valence-corrected chi connectivity index (χ4v) is 14.7. The van der Waals surface area contributed by atoms with E-state index in [2.05, 4.69) is 17.9 Å². The van der Waals surface area contributed by atoms with Gasteiger partial charge in [0.2, 0.25) is 0 Å². The third kappa shape index (κ3) is 18.7. The third-order valence-corrected chi connectivity index (χ3v) is 20.6. The molecule has 21 heterocycles. The molecule has 14 bridgehead atoms. The van der Waals surface area contributed by atoms with E-state index in [4.69, 9.17) is 71.4 Å². The molecule has 23 rings (SSSR count).